The number of aryl methyl sites for hydroxylation is 1. The maximum absolute atomic E-state index is 14.2. The molecule has 4 rings (SSSR count). The van der Waals surface area contributed by atoms with Gasteiger partial charge in [-0.1, -0.05) is 12.1 Å². The van der Waals surface area contributed by atoms with E-state index in [1.165, 1.54) is 23.4 Å². The molecule has 1 atom stereocenters. The highest BCUT2D eigenvalue weighted by atomic mass is 32.1. The van der Waals surface area contributed by atoms with Gasteiger partial charge in [0, 0.05) is 29.7 Å². The van der Waals surface area contributed by atoms with E-state index in [1.54, 1.807) is 32.9 Å². The summed E-state index contributed by atoms with van der Waals surface area (Å²) in [5.41, 5.74) is 0.0961. The van der Waals surface area contributed by atoms with Crippen LogP contribution < -0.4 is 5.43 Å². The summed E-state index contributed by atoms with van der Waals surface area (Å²) < 4.78 is 15.4. The van der Waals surface area contributed by atoms with E-state index in [0.717, 1.165) is 21.5 Å². The number of thiazole rings is 1. The van der Waals surface area contributed by atoms with Crippen molar-refractivity contribution in [1.29, 1.82) is 0 Å². The molecule has 33 heavy (non-hydrogen) atoms. The third kappa shape index (κ3) is 4.02. The lowest BCUT2D eigenvalue weighted by Gasteiger charge is -2.36. The van der Waals surface area contributed by atoms with Crippen molar-refractivity contribution in [3.05, 3.63) is 68.3 Å². The minimum Gasteiger partial charge on any atom is -0.503 e. The van der Waals surface area contributed by atoms with Crippen LogP contribution in [0, 0.1) is 12.7 Å². The minimum absolute atomic E-state index is 0.0195. The summed E-state index contributed by atoms with van der Waals surface area (Å²) in [7, 11) is 0. The molecule has 1 unspecified atom stereocenters. The van der Waals surface area contributed by atoms with Gasteiger partial charge in [-0.25, -0.2) is 14.2 Å². The van der Waals surface area contributed by atoms with E-state index in [2.05, 4.69) is 4.98 Å². The number of benzene rings is 1. The SMILES string of the molecule is Cc1ccc(Cc2cnc(-c3cn4c(c(O)c3=O)C(=O)N(C(C)C)CC4C(=O)O)s2)c(F)c1. The fourth-order valence-corrected chi connectivity index (χ4v) is 4.80. The van der Waals surface area contributed by atoms with E-state index in [9.17, 15) is 29.0 Å². The summed E-state index contributed by atoms with van der Waals surface area (Å²) in [6, 6.07) is 3.44. The van der Waals surface area contributed by atoms with Crippen LogP contribution in [-0.4, -0.2) is 49.1 Å². The largest absolute Gasteiger partial charge is 0.503 e. The van der Waals surface area contributed by atoms with Gasteiger partial charge in [0.1, 0.15) is 16.9 Å². The van der Waals surface area contributed by atoms with E-state index in [0.29, 0.717) is 10.4 Å². The number of aromatic nitrogens is 2. The van der Waals surface area contributed by atoms with Gasteiger partial charge in [0.2, 0.25) is 5.43 Å². The Hall–Kier alpha value is -3.53. The molecule has 0 aliphatic carbocycles. The van der Waals surface area contributed by atoms with Crippen LogP contribution in [0.5, 0.6) is 5.75 Å². The number of carbonyl (C=O) groups excluding carboxylic acids is 1. The van der Waals surface area contributed by atoms with Crippen LogP contribution >= 0.6 is 11.3 Å². The van der Waals surface area contributed by atoms with Crippen molar-refractivity contribution < 1.29 is 24.2 Å². The average molecular weight is 472 g/mol. The standard InChI is InChI=1S/C23H22FN3O5S/c1-11(2)26-10-17(23(31)32)27-9-15(19(28)20(29)18(27)22(26)30)21-25-8-14(33-21)7-13-5-4-12(3)6-16(13)24/h4-6,8-9,11,17,29H,7,10H2,1-3H3,(H,31,32). The topological polar surface area (TPSA) is 113 Å². The molecule has 3 aromatic rings. The number of hydrogen-bond donors (Lipinski definition) is 2. The molecule has 0 saturated carbocycles. The van der Waals surface area contributed by atoms with E-state index in [4.69, 9.17) is 0 Å². The molecular formula is C23H22FN3O5S. The Morgan fingerprint density at radius 3 is 2.70 bits per heavy atom. The number of hydrogen-bond acceptors (Lipinski definition) is 6. The second-order valence-electron chi connectivity index (χ2n) is 8.29. The molecule has 0 bridgehead atoms. The lowest BCUT2D eigenvalue weighted by Crippen LogP contribution is -2.49. The first-order valence-electron chi connectivity index (χ1n) is 10.3. The molecule has 0 saturated heterocycles. The van der Waals surface area contributed by atoms with Gasteiger partial charge >= 0.3 is 5.97 Å². The summed E-state index contributed by atoms with van der Waals surface area (Å²) in [5.74, 6) is -2.96. The molecule has 2 N–H and O–H groups in total. The van der Waals surface area contributed by atoms with Gasteiger partial charge in [0.15, 0.2) is 11.4 Å². The molecular weight excluding hydrogens is 449 g/mol. The molecule has 0 fully saturated rings. The Balaban J connectivity index is 1.77. The lowest BCUT2D eigenvalue weighted by molar-refractivity contribution is -0.141. The van der Waals surface area contributed by atoms with Gasteiger partial charge in [-0.2, -0.15) is 0 Å². The number of rotatable bonds is 5. The number of carboxylic acids is 1. The quantitative estimate of drug-likeness (QED) is 0.591. The molecule has 1 aliphatic rings. The van der Waals surface area contributed by atoms with Gasteiger partial charge in [0.05, 0.1) is 12.1 Å². The first-order chi connectivity index (χ1) is 15.6. The Labute approximate surface area is 192 Å². The zero-order chi connectivity index (χ0) is 24.0. The summed E-state index contributed by atoms with van der Waals surface area (Å²) in [6.07, 6.45) is 3.04. The molecule has 0 spiro atoms. The maximum Gasteiger partial charge on any atom is 0.328 e. The van der Waals surface area contributed by atoms with Crippen molar-refractivity contribution in [2.45, 2.75) is 39.3 Å². The van der Waals surface area contributed by atoms with Crippen molar-refractivity contribution in [2.24, 2.45) is 0 Å². The summed E-state index contributed by atoms with van der Waals surface area (Å²) >= 11 is 1.14. The third-order valence-electron chi connectivity index (χ3n) is 5.64. The summed E-state index contributed by atoms with van der Waals surface area (Å²) in [6.45, 7) is 5.15. The van der Waals surface area contributed by atoms with Crippen LogP contribution in [0.15, 0.2) is 35.4 Å². The number of halogens is 1. The van der Waals surface area contributed by atoms with Crippen LogP contribution in [0.25, 0.3) is 10.6 Å². The maximum atomic E-state index is 14.2. The van der Waals surface area contributed by atoms with Crippen LogP contribution in [0.4, 0.5) is 4.39 Å². The number of amides is 1. The van der Waals surface area contributed by atoms with Gasteiger partial charge in [-0.15, -0.1) is 11.3 Å². The number of aliphatic carboxylic acids is 1. The monoisotopic (exact) mass is 471 g/mol. The molecule has 1 aromatic carbocycles. The van der Waals surface area contributed by atoms with Crippen molar-refractivity contribution in [3.8, 4) is 16.3 Å². The Bertz CT molecular complexity index is 1330. The molecule has 1 aliphatic heterocycles. The lowest BCUT2D eigenvalue weighted by atomic mass is 10.1. The second kappa shape index (κ2) is 8.43. The van der Waals surface area contributed by atoms with Crippen LogP contribution in [-0.2, 0) is 11.2 Å². The number of nitrogens with zero attached hydrogens (tertiary/aromatic N) is 3. The smallest absolute Gasteiger partial charge is 0.328 e. The van der Waals surface area contributed by atoms with Gasteiger partial charge < -0.3 is 19.7 Å². The van der Waals surface area contributed by atoms with Crippen LogP contribution in [0.3, 0.4) is 0 Å². The predicted octanol–water partition coefficient (Wildman–Crippen LogP) is 3.21. The third-order valence-corrected chi connectivity index (χ3v) is 6.68. The number of carbonyl (C=O) groups is 2. The molecule has 1 amide bonds. The number of fused-ring (bicyclic) bond motifs is 1. The van der Waals surface area contributed by atoms with Crippen molar-refractivity contribution in [3.63, 3.8) is 0 Å². The number of pyridine rings is 1. The normalized spacial score (nSPS) is 15.7. The molecule has 2 aromatic heterocycles. The van der Waals surface area contributed by atoms with Gasteiger partial charge in [0.25, 0.3) is 5.91 Å². The highest BCUT2D eigenvalue weighted by Gasteiger charge is 2.39. The summed E-state index contributed by atoms with van der Waals surface area (Å²) in [5, 5.41) is 20.6. The van der Waals surface area contributed by atoms with Crippen molar-refractivity contribution in [2.75, 3.05) is 6.54 Å². The number of aromatic hydroxyl groups is 1. The minimum atomic E-state index is -1.20. The first-order valence-corrected chi connectivity index (χ1v) is 11.1. The van der Waals surface area contributed by atoms with Crippen molar-refractivity contribution >= 4 is 23.2 Å². The zero-order valence-corrected chi connectivity index (χ0v) is 19.0. The predicted molar refractivity (Wildman–Crippen MR) is 120 cm³/mol. The second-order valence-corrected chi connectivity index (χ2v) is 9.40. The van der Waals surface area contributed by atoms with Gasteiger partial charge in [-0.05, 0) is 38.0 Å². The fourth-order valence-electron chi connectivity index (χ4n) is 3.86. The molecule has 3 heterocycles. The average Bonchev–Trinajstić information content (AvgIpc) is 3.20. The van der Waals surface area contributed by atoms with E-state index < -0.39 is 29.1 Å². The fraction of sp³-hybridized carbons (Fsp3) is 0.304. The highest BCUT2D eigenvalue weighted by Crippen LogP contribution is 2.32. The van der Waals surface area contributed by atoms with E-state index >= 15 is 0 Å². The number of carboxylic acid groups (broad SMARTS) is 1. The Kier molecular flexibility index (Phi) is 5.79. The first kappa shape index (κ1) is 22.7. The van der Waals surface area contributed by atoms with E-state index in [1.807, 2.05) is 0 Å². The van der Waals surface area contributed by atoms with Crippen molar-refractivity contribution in [1.82, 2.24) is 14.5 Å². The molecule has 0 radical (unpaired) electrons. The van der Waals surface area contributed by atoms with Crippen LogP contribution in [0.2, 0.25) is 0 Å². The molecule has 10 heteroatoms. The Morgan fingerprint density at radius 2 is 2.06 bits per heavy atom. The van der Waals surface area contributed by atoms with Gasteiger partial charge in [-0.3, -0.25) is 9.59 Å². The zero-order valence-electron chi connectivity index (χ0n) is 18.2. The highest BCUT2D eigenvalue weighted by molar-refractivity contribution is 7.15. The van der Waals surface area contributed by atoms with E-state index in [-0.39, 0.29) is 41.1 Å². The Morgan fingerprint density at radius 1 is 1.33 bits per heavy atom. The molecule has 172 valence electrons. The van der Waals surface area contributed by atoms with Crippen LogP contribution in [0.1, 0.15) is 46.4 Å². The summed E-state index contributed by atoms with van der Waals surface area (Å²) in [4.78, 5) is 44.0. The molecule has 8 nitrogen and oxygen atoms in total.